The Morgan fingerprint density at radius 2 is 2.04 bits per heavy atom. The third-order valence-corrected chi connectivity index (χ3v) is 4.06. The van der Waals surface area contributed by atoms with Crippen molar-refractivity contribution in [3.8, 4) is 0 Å². The standard InChI is InChI=1S/C17H21N3O3/c1-11(2)9-20-16(22)14-6-4-3-5-13(14)15(18-20)17(23)19-8-7-12(21)10-19/h3-6,11-12,21H,7-10H2,1-2H3/t12-/m1/s1. The summed E-state index contributed by atoms with van der Waals surface area (Å²) in [7, 11) is 0. The molecule has 1 aliphatic heterocycles. The van der Waals surface area contributed by atoms with E-state index in [1.807, 2.05) is 13.8 Å². The van der Waals surface area contributed by atoms with Crippen molar-refractivity contribution >= 4 is 16.7 Å². The first kappa shape index (κ1) is 15.7. The number of likely N-dealkylation sites (tertiary alicyclic amines) is 1. The Balaban J connectivity index is 2.13. The van der Waals surface area contributed by atoms with E-state index < -0.39 is 6.10 Å². The molecule has 1 amide bonds. The molecule has 3 rings (SSSR count). The minimum Gasteiger partial charge on any atom is -0.391 e. The first-order valence-electron chi connectivity index (χ1n) is 7.94. The maximum absolute atomic E-state index is 12.8. The van der Waals surface area contributed by atoms with Gasteiger partial charge in [-0.05, 0) is 18.4 Å². The molecular weight excluding hydrogens is 294 g/mol. The van der Waals surface area contributed by atoms with Gasteiger partial charge in [-0.2, -0.15) is 5.10 Å². The quantitative estimate of drug-likeness (QED) is 0.925. The second-order valence-electron chi connectivity index (χ2n) is 6.47. The van der Waals surface area contributed by atoms with Gasteiger partial charge in [-0.25, -0.2) is 4.68 Å². The third-order valence-electron chi connectivity index (χ3n) is 4.06. The zero-order valence-corrected chi connectivity index (χ0v) is 13.4. The van der Waals surface area contributed by atoms with Crippen molar-refractivity contribution in [3.05, 3.63) is 40.3 Å². The van der Waals surface area contributed by atoms with Gasteiger partial charge < -0.3 is 10.0 Å². The molecule has 2 heterocycles. The van der Waals surface area contributed by atoms with Crippen LogP contribution in [0.1, 0.15) is 30.8 Å². The summed E-state index contributed by atoms with van der Waals surface area (Å²) in [4.78, 5) is 26.9. The number of benzene rings is 1. The lowest BCUT2D eigenvalue weighted by Gasteiger charge is -2.17. The molecule has 6 heteroatoms. The molecule has 122 valence electrons. The van der Waals surface area contributed by atoms with E-state index in [0.29, 0.717) is 36.8 Å². The average molecular weight is 315 g/mol. The van der Waals surface area contributed by atoms with Gasteiger partial charge in [-0.15, -0.1) is 0 Å². The van der Waals surface area contributed by atoms with Gasteiger partial charge in [0, 0.05) is 25.0 Å². The second-order valence-corrected chi connectivity index (χ2v) is 6.47. The lowest BCUT2D eigenvalue weighted by molar-refractivity contribution is 0.0758. The van der Waals surface area contributed by atoms with E-state index in [4.69, 9.17) is 0 Å². The first-order valence-corrected chi connectivity index (χ1v) is 7.94. The number of rotatable bonds is 3. The fourth-order valence-corrected chi connectivity index (χ4v) is 2.94. The van der Waals surface area contributed by atoms with Crippen LogP contribution in [0.2, 0.25) is 0 Å². The van der Waals surface area contributed by atoms with Gasteiger partial charge in [0.15, 0.2) is 5.69 Å². The van der Waals surface area contributed by atoms with Gasteiger partial charge in [0.1, 0.15) is 0 Å². The van der Waals surface area contributed by atoms with Crippen LogP contribution >= 0.6 is 0 Å². The molecule has 1 aliphatic rings. The minimum absolute atomic E-state index is 0.174. The van der Waals surface area contributed by atoms with Gasteiger partial charge in [0.05, 0.1) is 11.5 Å². The summed E-state index contributed by atoms with van der Waals surface area (Å²) in [5.41, 5.74) is 0.113. The van der Waals surface area contributed by atoms with Crippen molar-refractivity contribution in [2.75, 3.05) is 13.1 Å². The Labute approximate surface area is 134 Å². The third kappa shape index (κ3) is 2.99. The second kappa shape index (κ2) is 6.12. The minimum atomic E-state index is -0.480. The van der Waals surface area contributed by atoms with Crippen LogP contribution in [-0.4, -0.2) is 44.9 Å². The SMILES string of the molecule is CC(C)Cn1nc(C(=O)N2CC[C@@H](O)C2)c2ccccc2c1=O. The maximum Gasteiger partial charge on any atom is 0.275 e. The molecule has 6 nitrogen and oxygen atoms in total. The van der Waals surface area contributed by atoms with Crippen LogP contribution in [0.15, 0.2) is 29.1 Å². The summed E-state index contributed by atoms with van der Waals surface area (Å²) in [5, 5.41) is 15.1. The van der Waals surface area contributed by atoms with Gasteiger partial charge in [0.2, 0.25) is 0 Å². The van der Waals surface area contributed by atoms with Crippen molar-refractivity contribution in [3.63, 3.8) is 0 Å². The van der Waals surface area contributed by atoms with Gasteiger partial charge in [-0.3, -0.25) is 9.59 Å². The predicted octanol–water partition coefficient (Wildman–Crippen LogP) is 1.26. The monoisotopic (exact) mass is 315 g/mol. The molecule has 2 aromatic rings. The number of carbonyl (C=O) groups excluding carboxylic acids is 1. The number of aromatic nitrogens is 2. The molecular formula is C17H21N3O3. The Morgan fingerprint density at radius 3 is 2.65 bits per heavy atom. The summed E-state index contributed by atoms with van der Waals surface area (Å²) in [6.45, 7) is 5.30. The van der Waals surface area contributed by atoms with Crippen LogP contribution in [0.5, 0.6) is 0 Å². The predicted molar refractivity (Wildman–Crippen MR) is 87.4 cm³/mol. The average Bonchev–Trinajstić information content (AvgIpc) is 2.95. The first-order chi connectivity index (χ1) is 11.0. The molecule has 0 saturated carbocycles. The summed E-state index contributed by atoms with van der Waals surface area (Å²) in [6, 6.07) is 7.07. The smallest absolute Gasteiger partial charge is 0.275 e. The molecule has 1 saturated heterocycles. The summed E-state index contributed by atoms with van der Waals surface area (Å²) in [5.74, 6) is 0.0215. The highest BCUT2D eigenvalue weighted by Crippen LogP contribution is 2.18. The zero-order valence-electron chi connectivity index (χ0n) is 13.4. The Bertz CT molecular complexity index is 797. The summed E-state index contributed by atoms with van der Waals surface area (Å²) in [6.07, 6.45) is 0.0988. The van der Waals surface area contributed by atoms with Crippen LogP contribution < -0.4 is 5.56 Å². The van der Waals surface area contributed by atoms with E-state index in [2.05, 4.69) is 5.10 Å². The van der Waals surface area contributed by atoms with Gasteiger partial charge >= 0.3 is 0 Å². The van der Waals surface area contributed by atoms with E-state index in [1.165, 1.54) is 4.68 Å². The fraction of sp³-hybridized carbons (Fsp3) is 0.471. The van der Waals surface area contributed by atoms with Crippen molar-refractivity contribution in [2.24, 2.45) is 5.92 Å². The van der Waals surface area contributed by atoms with Crippen molar-refractivity contribution in [1.29, 1.82) is 0 Å². The Morgan fingerprint density at radius 1 is 1.35 bits per heavy atom. The molecule has 1 aromatic carbocycles. The van der Waals surface area contributed by atoms with Gasteiger partial charge in [-0.1, -0.05) is 32.0 Å². The molecule has 1 N–H and O–H groups in total. The number of amides is 1. The highest BCUT2D eigenvalue weighted by Gasteiger charge is 2.28. The molecule has 0 bridgehead atoms. The van der Waals surface area contributed by atoms with Crippen molar-refractivity contribution in [2.45, 2.75) is 32.9 Å². The Kier molecular flexibility index (Phi) is 4.17. The number of hydrogen-bond acceptors (Lipinski definition) is 4. The van der Waals surface area contributed by atoms with Gasteiger partial charge in [0.25, 0.3) is 11.5 Å². The van der Waals surface area contributed by atoms with Crippen molar-refractivity contribution < 1.29 is 9.90 Å². The highest BCUT2D eigenvalue weighted by molar-refractivity contribution is 6.04. The van der Waals surface area contributed by atoms with E-state index in [-0.39, 0.29) is 23.1 Å². The number of fused-ring (bicyclic) bond motifs is 1. The number of aliphatic hydroxyl groups excluding tert-OH is 1. The molecule has 0 spiro atoms. The molecule has 1 atom stereocenters. The number of nitrogens with zero attached hydrogens (tertiary/aromatic N) is 3. The summed E-state index contributed by atoms with van der Waals surface area (Å²) < 4.78 is 1.38. The number of β-amino-alcohol motifs (C(OH)–C–C–N with tert-alkyl or cyclic N) is 1. The summed E-state index contributed by atoms with van der Waals surface area (Å²) >= 11 is 0. The molecule has 0 aliphatic carbocycles. The number of aliphatic hydroxyl groups is 1. The van der Waals surface area contributed by atoms with E-state index in [9.17, 15) is 14.7 Å². The molecule has 0 unspecified atom stereocenters. The highest BCUT2D eigenvalue weighted by atomic mass is 16.3. The van der Waals surface area contributed by atoms with Crippen LogP contribution in [0.3, 0.4) is 0 Å². The maximum atomic E-state index is 12.8. The number of carbonyl (C=O) groups is 1. The topological polar surface area (TPSA) is 75.4 Å². The normalized spacial score (nSPS) is 18.1. The zero-order chi connectivity index (χ0) is 16.6. The van der Waals surface area contributed by atoms with E-state index in [1.54, 1.807) is 29.2 Å². The molecule has 0 radical (unpaired) electrons. The van der Waals surface area contributed by atoms with Crippen LogP contribution in [0, 0.1) is 5.92 Å². The van der Waals surface area contributed by atoms with E-state index in [0.717, 1.165) is 0 Å². The van der Waals surface area contributed by atoms with Crippen LogP contribution in [-0.2, 0) is 6.54 Å². The van der Waals surface area contributed by atoms with E-state index >= 15 is 0 Å². The van der Waals surface area contributed by atoms with Crippen LogP contribution in [0.25, 0.3) is 10.8 Å². The lowest BCUT2D eigenvalue weighted by Crippen LogP contribution is -2.34. The largest absolute Gasteiger partial charge is 0.391 e. The molecule has 23 heavy (non-hydrogen) atoms. The Hall–Kier alpha value is -2.21. The number of hydrogen-bond donors (Lipinski definition) is 1. The molecule has 1 fully saturated rings. The van der Waals surface area contributed by atoms with Crippen molar-refractivity contribution in [1.82, 2.24) is 14.7 Å². The fourth-order valence-electron chi connectivity index (χ4n) is 2.94. The lowest BCUT2D eigenvalue weighted by atomic mass is 10.1. The van der Waals surface area contributed by atoms with Crippen LogP contribution in [0.4, 0.5) is 0 Å². The molecule has 1 aromatic heterocycles.